The van der Waals surface area contributed by atoms with E-state index in [0.29, 0.717) is 27.8 Å². The minimum Gasteiger partial charge on any atom is -0.381 e. The first-order valence-corrected chi connectivity index (χ1v) is 14.1. The number of fused-ring (bicyclic) bond motifs is 7. The fourth-order valence-electron chi connectivity index (χ4n) is 11.7. The lowest BCUT2D eigenvalue weighted by atomic mass is 9.35. The molecule has 5 rings (SSSR count). The third kappa shape index (κ3) is 2.67. The van der Waals surface area contributed by atoms with Gasteiger partial charge in [0.2, 0.25) is 0 Å². The predicted octanol–water partition coefficient (Wildman–Crippen LogP) is 8.68. The number of methoxy groups -OCH3 is 1. The molecule has 5 aliphatic rings. The summed E-state index contributed by atoms with van der Waals surface area (Å²) in [6.45, 7) is 20.9. The Morgan fingerprint density at radius 2 is 1.50 bits per heavy atom. The lowest BCUT2D eigenvalue weighted by Crippen LogP contribution is -2.62. The summed E-state index contributed by atoms with van der Waals surface area (Å²) in [7, 11) is 1.94. The SMILES string of the molecule is CO[C@H]1CCC2(C)C3=CC[C@@]4(C)[C@@H]5CC[C@H](C(C)C)[C@@]5(C)CCC4(C)C3CCC2C1(C)C. The van der Waals surface area contributed by atoms with Crippen molar-refractivity contribution in [2.24, 2.45) is 56.7 Å². The van der Waals surface area contributed by atoms with Gasteiger partial charge in [-0.15, -0.1) is 0 Å². The second-order valence-electron chi connectivity index (χ2n) is 14.9. The summed E-state index contributed by atoms with van der Waals surface area (Å²) < 4.78 is 6.03. The highest BCUT2D eigenvalue weighted by molar-refractivity contribution is 5.33. The van der Waals surface area contributed by atoms with Gasteiger partial charge in [-0.1, -0.05) is 67.0 Å². The molecule has 0 saturated heterocycles. The molecule has 182 valence electrons. The molecule has 0 amide bonds. The van der Waals surface area contributed by atoms with Crippen molar-refractivity contribution in [2.75, 3.05) is 7.11 Å². The van der Waals surface area contributed by atoms with Crippen LogP contribution in [0.5, 0.6) is 0 Å². The molecule has 4 saturated carbocycles. The fraction of sp³-hybridized carbons (Fsp3) is 0.935. The van der Waals surface area contributed by atoms with Crippen LogP contribution in [0, 0.1) is 56.7 Å². The monoisotopic (exact) mass is 440 g/mol. The Morgan fingerprint density at radius 1 is 0.812 bits per heavy atom. The van der Waals surface area contributed by atoms with E-state index >= 15 is 0 Å². The highest BCUT2D eigenvalue weighted by atomic mass is 16.5. The highest BCUT2D eigenvalue weighted by Gasteiger charge is 2.68. The Balaban J connectivity index is 1.54. The predicted molar refractivity (Wildman–Crippen MR) is 135 cm³/mol. The van der Waals surface area contributed by atoms with Crippen LogP contribution in [0.1, 0.15) is 113 Å². The van der Waals surface area contributed by atoms with E-state index in [2.05, 4.69) is 61.5 Å². The molecule has 0 N–H and O–H groups in total. The van der Waals surface area contributed by atoms with Crippen molar-refractivity contribution in [3.8, 4) is 0 Å². The van der Waals surface area contributed by atoms with Crippen LogP contribution in [0.3, 0.4) is 0 Å². The van der Waals surface area contributed by atoms with Crippen LogP contribution in [0.4, 0.5) is 0 Å². The van der Waals surface area contributed by atoms with Crippen molar-refractivity contribution in [1.29, 1.82) is 0 Å². The molecule has 0 heterocycles. The molecular formula is C31H52O. The second-order valence-corrected chi connectivity index (χ2v) is 14.9. The molecule has 5 aliphatic carbocycles. The lowest BCUT2D eigenvalue weighted by molar-refractivity contribution is -0.168. The molecule has 1 heteroatoms. The second kappa shape index (κ2) is 7.11. The average Bonchev–Trinajstić information content (AvgIpc) is 3.08. The van der Waals surface area contributed by atoms with Gasteiger partial charge >= 0.3 is 0 Å². The van der Waals surface area contributed by atoms with Gasteiger partial charge in [-0.2, -0.15) is 0 Å². The Morgan fingerprint density at radius 3 is 2.16 bits per heavy atom. The van der Waals surface area contributed by atoms with Gasteiger partial charge in [0, 0.05) is 7.11 Å². The fourth-order valence-corrected chi connectivity index (χ4v) is 11.7. The van der Waals surface area contributed by atoms with Crippen molar-refractivity contribution >= 4 is 0 Å². The quantitative estimate of drug-likeness (QED) is 0.390. The number of rotatable bonds is 2. The maximum atomic E-state index is 6.03. The third-order valence-corrected chi connectivity index (χ3v) is 13.5. The van der Waals surface area contributed by atoms with Gasteiger partial charge < -0.3 is 4.74 Å². The Bertz CT molecular complexity index is 792. The van der Waals surface area contributed by atoms with Crippen LogP contribution in [-0.2, 0) is 4.74 Å². The van der Waals surface area contributed by atoms with Crippen molar-refractivity contribution in [1.82, 2.24) is 0 Å². The van der Waals surface area contributed by atoms with Crippen LogP contribution < -0.4 is 0 Å². The molecule has 0 aromatic heterocycles. The first-order valence-electron chi connectivity index (χ1n) is 14.1. The molecule has 1 nitrogen and oxygen atoms in total. The van der Waals surface area contributed by atoms with Gasteiger partial charge in [-0.25, -0.2) is 0 Å². The Labute approximate surface area is 199 Å². The summed E-state index contributed by atoms with van der Waals surface area (Å²) >= 11 is 0. The average molecular weight is 441 g/mol. The molecule has 4 unspecified atom stereocenters. The molecule has 0 bridgehead atoms. The smallest absolute Gasteiger partial charge is 0.0625 e. The molecule has 0 aliphatic heterocycles. The summed E-state index contributed by atoms with van der Waals surface area (Å²) in [4.78, 5) is 0. The van der Waals surface area contributed by atoms with Crippen molar-refractivity contribution in [2.45, 2.75) is 119 Å². The van der Waals surface area contributed by atoms with Crippen LogP contribution >= 0.6 is 0 Å². The molecule has 0 spiro atoms. The zero-order chi connectivity index (χ0) is 23.3. The first-order chi connectivity index (χ1) is 14.9. The number of allylic oxidation sites excluding steroid dienone is 2. The zero-order valence-corrected chi connectivity index (χ0v) is 22.8. The van der Waals surface area contributed by atoms with E-state index in [1.54, 1.807) is 0 Å². The first kappa shape index (κ1) is 23.4. The summed E-state index contributed by atoms with van der Waals surface area (Å²) in [6, 6.07) is 0. The van der Waals surface area contributed by atoms with Gasteiger partial charge in [-0.3, -0.25) is 0 Å². The maximum Gasteiger partial charge on any atom is 0.0625 e. The Hall–Kier alpha value is -0.300. The van der Waals surface area contributed by atoms with Gasteiger partial charge in [0.05, 0.1) is 6.10 Å². The minimum atomic E-state index is 0.274. The van der Waals surface area contributed by atoms with E-state index in [9.17, 15) is 0 Å². The molecule has 0 radical (unpaired) electrons. The van der Waals surface area contributed by atoms with E-state index in [-0.39, 0.29) is 5.41 Å². The molecule has 4 fully saturated rings. The summed E-state index contributed by atoms with van der Waals surface area (Å²) in [5.74, 6) is 4.23. The summed E-state index contributed by atoms with van der Waals surface area (Å²) in [6.07, 6.45) is 15.8. The van der Waals surface area contributed by atoms with Crippen LogP contribution in [0.25, 0.3) is 0 Å². The standard InChI is InChI=1S/C31H52O/c1-20(2)21-10-13-25-29(21,6)18-19-30(7)23-11-12-24-27(3,4)26(32-9)15-16-28(24,5)22(23)14-17-31(25,30)8/h14,20-21,23-26H,10-13,15-19H2,1-9H3/t21-,23?,24?,25-,26+,28?,29-,30?,31+/m1/s1. The van der Waals surface area contributed by atoms with Crippen LogP contribution in [0.15, 0.2) is 11.6 Å². The van der Waals surface area contributed by atoms with Crippen molar-refractivity contribution in [3.05, 3.63) is 11.6 Å². The Kier molecular flexibility index (Phi) is 5.21. The van der Waals surface area contributed by atoms with Crippen LogP contribution in [-0.4, -0.2) is 13.2 Å². The van der Waals surface area contributed by atoms with Gasteiger partial charge in [-0.05, 0) is 114 Å². The topological polar surface area (TPSA) is 9.23 Å². The minimum absolute atomic E-state index is 0.274. The van der Waals surface area contributed by atoms with Gasteiger partial charge in [0.25, 0.3) is 0 Å². The molecule has 0 aromatic rings. The van der Waals surface area contributed by atoms with E-state index in [1.807, 2.05) is 12.7 Å². The van der Waals surface area contributed by atoms with E-state index < -0.39 is 0 Å². The van der Waals surface area contributed by atoms with E-state index in [4.69, 9.17) is 4.74 Å². The molecular weight excluding hydrogens is 388 g/mol. The number of ether oxygens (including phenoxy) is 1. The zero-order valence-electron chi connectivity index (χ0n) is 22.8. The van der Waals surface area contributed by atoms with Gasteiger partial charge in [0.1, 0.15) is 0 Å². The van der Waals surface area contributed by atoms with Crippen LogP contribution in [0.2, 0.25) is 0 Å². The molecule has 0 aromatic carbocycles. The maximum absolute atomic E-state index is 6.03. The lowest BCUT2D eigenvalue weighted by Gasteiger charge is -2.69. The summed E-state index contributed by atoms with van der Waals surface area (Å²) in [5.41, 5.74) is 4.05. The van der Waals surface area contributed by atoms with Crippen molar-refractivity contribution in [3.63, 3.8) is 0 Å². The third-order valence-electron chi connectivity index (χ3n) is 13.5. The molecule has 32 heavy (non-hydrogen) atoms. The summed E-state index contributed by atoms with van der Waals surface area (Å²) in [5, 5.41) is 0. The van der Waals surface area contributed by atoms with E-state index in [0.717, 1.165) is 29.6 Å². The van der Waals surface area contributed by atoms with Crippen molar-refractivity contribution < 1.29 is 4.74 Å². The normalized spacial score (nSPS) is 54.3. The highest BCUT2D eigenvalue weighted by Crippen LogP contribution is 2.76. The van der Waals surface area contributed by atoms with Gasteiger partial charge in [0.15, 0.2) is 0 Å². The largest absolute Gasteiger partial charge is 0.381 e. The molecule has 9 atom stereocenters. The number of hydrogen-bond acceptors (Lipinski definition) is 1. The van der Waals surface area contributed by atoms with E-state index in [1.165, 1.54) is 57.8 Å². The number of hydrogen-bond donors (Lipinski definition) is 0.